The number of non-ortho nitro benzene ring substituents is 1. The number of benzene rings is 1. The number of amides is 1. The van der Waals surface area contributed by atoms with Gasteiger partial charge in [0, 0.05) is 50.9 Å². The maximum atomic E-state index is 12.7. The number of hydrogen-bond donors (Lipinski definition) is 1. The van der Waals surface area contributed by atoms with Crippen LogP contribution < -0.4 is 5.32 Å². The summed E-state index contributed by atoms with van der Waals surface area (Å²) in [4.78, 5) is 30.2. The standard InChI is InChI=1S/C19H28ClN5O3/c1-14(19(26)21-18-12-15(25(27)28)5-6-17(18)20)23-8-10-24(11-9-23)16-4-3-7-22(2)13-16/h5-6,12,14,16H,3-4,7-11,13H2,1-2H3,(H,21,26). The van der Waals surface area contributed by atoms with Gasteiger partial charge in [-0.25, -0.2) is 0 Å². The number of hydrogen-bond acceptors (Lipinski definition) is 6. The van der Waals surface area contributed by atoms with Gasteiger partial charge in [-0.1, -0.05) is 11.6 Å². The van der Waals surface area contributed by atoms with Gasteiger partial charge in [0.15, 0.2) is 0 Å². The van der Waals surface area contributed by atoms with Gasteiger partial charge in [0.2, 0.25) is 5.91 Å². The Bertz CT molecular complexity index is 724. The number of nitrogens with zero attached hydrogens (tertiary/aromatic N) is 4. The van der Waals surface area contributed by atoms with E-state index in [0.29, 0.717) is 6.04 Å². The van der Waals surface area contributed by atoms with Crippen LogP contribution in [0.15, 0.2) is 18.2 Å². The fourth-order valence-corrected chi connectivity index (χ4v) is 4.22. The lowest BCUT2D eigenvalue weighted by atomic mass is 10.0. The molecule has 8 nitrogen and oxygen atoms in total. The van der Waals surface area contributed by atoms with E-state index in [0.717, 1.165) is 32.7 Å². The number of likely N-dealkylation sites (tertiary alicyclic amines) is 1. The molecule has 0 radical (unpaired) electrons. The number of carbonyl (C=O) groups excluding carboxylic acids is 1. The average Bonchev–Trinajstić information content (AvgIpc) is 2.69. The summed E-state index contributed by atoms with van der Waals surface area (Å²) in [6.45, 7) is 7.72. The number of nitrogens with one attached hydrogen (secondary N) is 1. The highest BCUT2D eigenvalue weighted by Crippen LogP contribution is 2.27. The smallest absolute Gasteiger partial charge is 0.271 e. The molecule has 2 unspecified atom stereocenters. The average molecular weight is 410 g/mol. The highest BCUT2D eigenvalue weighted by molar-refractivity contribution is 6.33. The molecule has 2 heterocycles. The van der Waals surface area contributed by atoms with Gasteiger partial charge in [0.25, 0.3) is 5.69 Å². The predicted octanol–water partition coefficient (Wildman–Crippen LogP) is 2.29. The summed E-state index contributed by atoms with van der Waals surface area (Å²) in [5.74, 6) is -0.201. The van der Waals surface area contributed by atoms with Crippen molar-refractivity contribution in [1.82, 2.24) is 14.7 Å². The third-order valence-corrected chi connectivity index (χ3v) is 6.14. The lowest BCUT2D eigenvalue weighted by Gasteiger charge is -2.43. The monoisotopic (exact) mass is 409 g/mol. The lowest BCUT2D eigenvalue weighted by Crippen LogP contribution is -2.57. The number of piperidine rings is 1. The largest absolute Gasteiger partial charge is 0.323 e. The van der Waals surface area contributed by atoms with Crippen LogP contribution in [-0.2, 0) is 4.79 Å². The molecule has 1 aromatic rings. The van der Waals surface area contributed by atoms with E-state index < -0.39 is 4.92 Å². The van der Waals surface area contributed by atoms with Gasteiger partial charge in [-0.3, -0.25) is 24.7 Å². The van der Waals surface area contributed by atoms with Crippen molar-refractivity contribution in [2.24, 2.45) is 0 Å². The minimum Gasteiger partial charge on any atom is -0.323 e. The Kier molecular flexibility index (Phi) is 6.87. The molecule has 0 bridgehead atoms. The molecule has 2 aliphatic heterocycles. The quantitative estimate of drug-likeness (QED) is 0.593. The number of nitro groups is 1. The molecule has 0 saturated carbocycles. The molecule has 2 saturated heterocycles. The maximum absolute atomic E-state index is 12.7. The molecule has 1 aromatic carbocycles. The number of anilines is 1. The van der Waals surface area contributed by atoms with E-state index in [9.17, 15) is 14.9 Å². The maximum Gasteiger partial charge on any atom is 0.271 e. The highest BCUT2D eigenvalue weighted by atomic mass is 35.5. The Hall–Kier alpha value is -1.74. The van der Waals surface area contributed by atoms with Gasteiger partial charge in [-0.05, 0) is 39.4 Å². The van der Waals surface area contributed by atoms with E-state index in [2.05, 4.69) is 27.1 Å². The Morgan fingerprint density at radius 3 is 2.64 bits per heavy atom. The molecule has 0 aliphatic carbocycles. The predicted molar refractivity (Wildman–Crippen MR) is 110 cm³/mol. The number of carbonyl (C=O) groups is 1. The third kappa shape index (κ3) is 5.00. The molecule has 1 amide bonds. The molecule has 9 heteroatoms. The molecule has 0 spiro atoms. The summed E-state index contributed by atoms with van der Waals surface area (Å²) in [6, 6.07) is 4.33. The van der Waals surface area contributed by atoms with E-state index in [-0.39, 0.29) is 28.3 Å². The fraction of sp³-hybridized carbons (Fsp3) is 0.632. The van der Waals surface area contributed by atoms with Crippen molar-refractivity contribution in [3.05, 3.63) is 33.3 Å². The van der Waals surface area contributed by atoms with Crippen molar-refractivity contribution >= 4 is 28.9 Å². The summed E-state index contributed by atoms with van der Waals surface area (Å²) in [5, 5.41) is 14.0. The summed E-state index contributed by atoms with van der Waals surface area (Å²) in [7, 11) is 2.17. The van der Waals surface area contributed by atoms with Crippen LogP contribution in [0.4, 0.5) is 11.4 Å². The van der Waals surface area contributed by atoms with Crippen molar-refractivity contribution in [3.8, 4) is 0 Å². The van der Waals surface area contributed by atoms with Gasteiger partial charge < -0.3 is 10.2 Å². The van der Waals surface area contributed by atoms with E-state index in [1.54, 1.807) is 0 Å². The van der Waals surface area contributed by atoms with Gasteiger partial charge in [0.05, 0.1) is 21.7 Å². The molecule has 3 rings (SSSR count). The van der Waals surface area contributed by atoms with Crippen LogP contribution in [0, 0.1) is 10.1 Å². The molecule has 154 valence electrons. The minimum absolute atomic E-state index is 0.0987. The van der Waals surface area contributed by atoms with Crippen LogP contribution in [0.25, 0.3) is 0 Å². The van der Waals surface area contributed by atoms with Crippen molar-refractivity contribution in [2.75, 3.05) is 51.6 Å². The van der Waals surface area contributed by atoms with E-state index in [1.165, 1.54) is 37.6 Å². The first-order chi connectivity index (χ1) is 13.3. The van der Waals surface area contributed by atoms with Crippen LogP contribution in [0.1, 0.15) is 19.8 Å². The topological polar surface area (TPSA) is 82.0 Å². The Morgan fingerprint density at radius 1 is 1.29 bits per heavy atom. The van der Waals surface area contributed by atoms with Crippen molar-refractivity contribution in [1.29, 1.82) is 0 Å². The van der Waals surface area contributed by atoms with E-state index in [1.807, 2.05) is 6.92 Å². The van der Waals surface area contributed by atoms with Gasteiger partial charge in [0.1, 0.15) is 0 Å². The van der Waals surface area contributed by atoms with E-state index >= 15 is 0 Å². The van der Waals surface area contributed by atoms with Crippen molar-refractivity contribution < 1.29 is 9.72 Å². The molecule has 2 atom stereocenters. The van der Waals surface area contributed by atoms with Crippen LogP contribution in [-0.4, -0.2) is 83.9 Å². The normalized spacial score (nSPS) is 23.3. The second kappa shape index (κ2) is 9.17. The fourth-order valence-electron chi connectivity index (χ4n) is 4.05. The first kappa shape index (κ1) is 21.0. The summed E-state index contributed by atoms with van der Waals surface area (Å²) in [6.07, 6.45) is 2.48. The number of likely N-dealkylation sites (N-methyl/N-ethyl adjacent to an activating group) is 1. The molecular formula is C19H28ClN5O3. The van der Waals surface area contributed by atoms with Gasteiger partial charge >= 0.3 is 0 Å². The van der Waals surface area contributed by atoms with Crippen LogP contribution in [0.5, 0.6) is 0 Å². The highest BCUT2D eigenvalue weighted by Gasteiger charge is 2.30. The Balaban J connectivity index is 1.55. The van der Waals surface area contributed by atoms with Gasteiger partial charge in [-0.15, -0.1) is 0 Å². The summed E-state index contributed by atoms with van der Waals surface area (Å²) >= 11 is 6.09. The first-order valence-corrected chi connectivity index (χ1v) is 10.1. The number of nitro benzene ring substituents is 1. The Labute approximate surface area is 170 Å². The molecule has 2 fully saturated rings. The van der Waals surface area contributed by atoms with Crippen molar-refractivity contribution in [2.45, 2.75) is 31.8 Å². The number of piperazine rings is 1. The van der Waals surface area contributed by atoms with Crippen LogP contribution in [0.2, 0.25) is 5.02 Å². The lowest BCUT2D eigenvalue weighted by molar-refractivity contribution is -0.384. The molecular weight excluding hydrogens is 382 g/mol. The second-order valence-electron chi connectivity index (χ2n) is 7.72. The molecule has 2 aliphatic rings. The van der Waals surface area contributed by atoms with E-state index in [4.69, 9.17) is 11.6 Å². The third-order valence-electron chi connectivity index (χ3n) is 5.81. The zero-order valence-corrected chi connectivity index (χ0v) is 17.2. The zero-order chi connectivity index (χ0) is 20.3. The molecule has 28 heavy (non-hydrogen) atoms. The Morgan fingerprint density at radius 2 is 2.00 bits per heavy atom. The second-order valence-corrected chi connectivity index (χ2v) is 8.12. The summed E-state index contributed by atoms with van der Waals surface area (Å²) in [5.41, 5.74) is 0.176. The van der Waals surface area contributed by atoms with Crippen molar-refractivity contribution in [3.63, 3.8) is 0 Å². The number of halogens is 1. The molecule has 1 N–H and O–H groups in total. The van der Waals surface area contributed by atoms with Gasteiger partial charge in [-0.2, -0.15) is 0 Å². The number of rotatable bonds is 5. The minimum atomic E-state index is -0.503. The zero-order valence-electron chi connectivity index (χ0n) is 16.4. The SMILES string of the molecule is CC(C(=O)Nc1cc([N+](=O)[O-])ccc1Cl)N1CCN(C2CCCN(C)C2)CC1. The molecule has 0 aromatic heterocycles. The van der Waals surface area contributed by atoms with Crippen LogP contribution >= 0.6 is 11.6 Å². The summed E-state index contributed by atoms with van der Waals surface area (Å²) < 4.78 is 0. The first-order valence-electron chi connectivity index (χ1n) is 9.76. The van der Waals surface area contributed by atoms with Crippen LogP contribution in [0.3, 0.4) is 0 Å².